The van der Waals surface area contributed by atoms with Crippen LogP contribution < -0.4 is 0 Å². The third-order valence-electron chi connectivity index (χ3n) is 9.60. The summed E-state index contributed by atoms with van der Waals surface area (Å²) in [5, 5.41) is 18.7. The second-order valence-electron chi connectivity index (χ2n) is 13.4. The average molecular weight is 697 g/mol. The van der Waals surface area contributed by atoms with Crippen molar-refractivity contribution in [2.24, 2.45) is 5.92 Å². The fourth-order valence-electron chi connectivity index (χ4n) is 5.16. The molecule has 0 aliphatic heterocycles. The van der Waals surface area contributed by atoms with Crippen molar-refractivity contribution in [2.45, 2.75) is 123 Å². The third kappa shape index (κ3) is 10.8. The normalized spacial score (nSPS) is 19.4. The van der Waals surface area contributed by atoms with Gasteiger partial charge in [-0.05, 0) is 90.2 Å². The Morgan fingerprint density at radius 1 is 0.796 bits per heavy atom. The zero-order valence-corrected chi connectivity index (χ0v) is 29.5. The Balaban J connectivity index is 0.000000266. The van der Waals surface area contributed by atoms with Crippen LogP contribution >= 0.6 is 0 Å². The van der Waals surface area contributed by atoms with Gasteiger partial charge in [0.15, 0.2) is 5.60 Å². The van der Waals surface area contributed by atoms with Gasteiger partial charge in [0.25, 0.3) is 5.60 Å². The molecule has 0 heterocycles. The lowest BCUT2D eigenvalue weighted by Gasteiger charge is -2.27. The van der Waals surface area contributed by atoms with E-state index in [1.54, 1.807) is 41.5 Å². The molecule has 3 aromatic carbocycles. The van der Waals surface area contributed by atoms with E-state index < -0.39 is 29.5 Å². The van der Waals surface area contributed by atoms with E-state index >= 15 is 0 Å². The highest BCUT2D eigenvalue weighted by Crippen LogP contribution is 2.39. The summed E-state index contributed by atoms with van der Waals surface area (Å²) in [5.41, 5.74) is -0.700. The van der Waals surface area contributed by atoms with Crippen LogP contribution in [0.3, 0.4) is 0 Å². The monoisotopic (exact) mass is 696 g/mol. The predicted octanol–water partition coefficient (Wildman–Crippen LogP) is 10.5. The van der Waals surface area contributed by atoms with E-state index in [9.17, 15) is 41.4 Å². The van der Waals surface area contributed by atoms with Gasteiger partial charge in [-0.2, -0.15) is 26.3 Å². The zero-order valence-electron chi connectivity index (χ0n) is 29.5. The average Bonchev–Trinajstić information content (AvgIpc) is 3.35. The lowest BCUT2D eigenvalue weighted by molar-refractivity contribution is -0.258. The summed E-state index contributed by atoms with van der Waals surface area (Å²) in [7, 11) is 0. The minimum atomic E-state index is -5.07. The Morgan fingerprint density at radius 3 is 1.86 bits per heavy atom. The van der Waals surface area contributed by atoms with Gasteiger partial charge in [0.1, 0.15) is 6.61 Å². The van der Waals surface area contributed by atoms with Gasteiger partial charge in [-0.15, -0.1) is 0 Å². The van der Waals surface area contributed by atoms with Crippen LogP contribution in [0.15, 0.2) is 72.8 Å². The molecule has 3 aromatic rings. The molecule has 2 N–H and O–H groups in total. The number of esters is 1. The molecule has 1 aliphatic rings. The van der Waals surface area contributed by atoms with Crippen molar-refractivity contribution in [1.82, 2.24) is 0 Å². The number of ether oxygens (including phenoxy) is 1. The molecule has 10 heteroatoms. The molecule has 6 atom stereocenters. The van der Waals surface area contributed by atoms with Crippen LogP contribution in [0.25, 0.3) is 0 Å². The van der Waals surface area contributed by atoms with E-state index in [0.29, 0.717) is 24.3 Å². The number of carbonyl (C=O) groups is 1. The molecule has 49 heavy (non-hydrogen) atoms. The van der Waals surface area contributed by atoms with Crippen LogP contribution in [0.1, 0.15) is 119 Å². The zero-order chi connectivity index (χ0) is 37.4. The van der Waals surface area contributed by atoms with Gasteiger partial charge in [-0.25, -0.2) is 4.79 Å². The summed E-state index contributed by atoms with van der Waals surface area (Å²) < 4.78 is 79.8. The molecule has 272 valence electrons. The van der Waals surface area contributed by atoms with Gasteiger partial charge in [-0.1, -0.05) is 114 Å². The molecule has 0 radical (unpaired) electrons. The van der Waals surface area contributed by atoms with Gasteiger partial charge >= 0.3 is 18.3 Å². The van der Waals surface area contributed by atoms with Crippen molar-refractivity contribution in [3.05, 3.63) is 106 Å². The van der Waals surface area contributed by atoms with Crippen LogP contribution in [-0.2, 0) is 28.2 Å². The Bertz CT molecular complexity index is 1480. The lowest BCUT2D eigenvalue weighted by Crippen LogP contribution is -2.50. The quantitative estimate of drug-likeness (QED) is 0.182. The Kier molecular flexibility index (Phi) is 14.5. The van der Waals surface area contributed by atoms with Crippen molar-refractivity contribution >= 4 is 5.97 Å². The van der Waals surface area contributed by atoms with Crippen LogP contribution in [-0.4, -0.2) is 34.1 Å². The highest BCUT2D eigenvalue weighted by atomic mass is 19.4. The Hall–Kier alpha value is -3.37. The standard InChI is InChI=1S/C15H19F3O3.C13H17F3O.C11H14/c1-4-10(2)12-7-5-6-11(8-12)9-21-13(19)14(3,20)15(16,17)18;1-4-9(2)10-5-7-11(8-6-10)12(3,17)13(14,15)16;1-8-7-10-5-3-4-6-11(10)9(8)2/h5-8,10,20H,4,9H2,1-3H3;5-9,17H,4H2,1-3H3;3-6,8-9H,7H2,1-2H3. The molecule has 0 amide bonds. The van der Waals surface area contributed by atoms with Crippen LogP contribution in [0.4, 0.5) is 26.3 Å². The molecule has 0 saturated heterocycles. The Labute approximate surface area is 286 Å². The van der Waals surface area contributed by atoms with Gasteiger partial charge < -0.3 is 14.9 Å². The van der Waals surface area contributed by atoms with Crippen LogP contribution in [0, 0.1) is 5.92 Å². The number of hydrogen-bond acceptors (Lipinski definition) is 4. The smallest absolute Gasteiger partial charge is 0.427 e. The summed E-state index contributed by atoms with van der Waals surface area (Å²) in [5.74, 6) is 0.515. The number of alkyl halides is 6. The summed E-state index contributed by atoms with van der Waals surface area (Å²) in [6.45, 7) is 13.6. The van der Waals surface area contributed by atoms with Gasteiger partial charge in [0, 0.05) is 0 Å². The molecule has 0 bridgehead atoms. The van der Waals surface area contributed by atoms with Crippen LogP contribution in [0.5, 0.6) is 0 Å². The number of fused-ring (bicyclic) bond motifs is 1. The first-order chi connectivity index (χ1) is 22.6. The molecule has 4 rings (SSSR count). The number of carbonyl (C=O) groups excluding carboxylic acids is 1. The number of rotatable bonds is 8. The molecular formula is C39H50F6O4. The van der Waals surface area contributed by atoms with E-state index in [4.69, 9.17) is 0 Å². The summed E-state index contributed by atoms with van der Waals surface area (Å²) in [4.78, 5) is 11.4. The van der Waals surface area contributed by atoms with Crippen molar-refractivity contribution in [2.75, 3.05) is 0 Å². The SMILES string of the molecule is CC1Cc2ccccc2C1C.CCC(C)c1ccc(C(C)(O)C(F)(F)F)cc1.CCC(C)c1cccc(COC(=O)C(C)(O)C(F)(F)F)c1. The largest absolute Gasteiger partial charge is 0.458 e. The van der Waals surface area contributed by atoms with Crippen molar-refractivity contribution in [1.29, 1.82) is 0 Å². The van der Waals surface area contributed by atoms with Crippen LogP contribution in [0.2, 0.25) is 0 Å². The molecule has 0 spiro atoms. The van der Waals surface area contributed by atoms with Crippen molar-refractivity contribution < 1.29 is 46.1 Å². The first kappa shape index (κ1) is 41.8. The number of benzene rings is 3. The molecule has 0 aromatic heterocycles. The fraction of sp³-hybridized carbons (Fsp3) is 0.513. The maximum absolute atomic E-state index is 12.6. The summed E-state index contributed by atoms with van der Waals surface area (Å²) >= 11 is 0. The molecule has 0 fully saturated rings. The summed E-state index contributed by atoms with van der Waals surface area (Å²) in [6.07, 6.45) is -6.61. The fourth-order valence-corrected chi connectivity index (χ4v) is 5.16. The maximum Gasteiger partial charge on any atom is 0.427 e. The second-order valence-corrected chi connectivity index (χ2v) is 13.4. The molecule has 1 aliphatic carbocycles. The lowest BCUT2D eigenvalue weighted by atomic mass is 9.91. The molecule has 0 saturated carbocycles. The Morgan fingerprint density at radius 2 is 1.35 bits per heavy atom. The third-order valence-corrected chi connectivity index (χ3v) is 9.60. The number of halogens is 6. The molecule has 6 unspecified atom stereocenters. The van der Waals surface area contributed by atoms with Gasteiger partial charge in [-0.3, -0.25) is 0 Å². The van der Waals surface area contributed by atoms with E-state index in [1.807, 2.05) is 33.8 Å². The van der Waals surface area contributed by atoms with E-state index in [0.717, 1.165) is 42.7 Å². The minimum absolute atomic E-state index is 0.128. The van der Waals surface area contributed by atoms with Crippen molar-refractivity contribution in [3.63, 3.8) is 0 Å². The van der Waals surface area contributed by atoms with E-state index in [1.165, 1.54) is 18.6 Å². The molecule has 4 nitrogen and oxygen atoms in total. The first-order valence-electron chi connectivity index (χ1n) is 16.6. The predicted molar refractivity (Wildman–Crippen MR) is 180 cm³/mol. The van der Waals surface area contributed by atoms with E-state index in [-0.39, 0.29) is 12.2 Å². The second kappa shape index (κ2) is 17.0. The minimum Gasteiger partial charge on any atom is -0.458 e. The van der Waals surface area contributed by atoms with Crippen molar-refractivity contribution in [3.8, 4) is 0 Å². The van der Waals surface area contributed by atoms with Gasteiger partial charge in [0.2, 0.25) is 0 Å². The highest BCUT2D eigenvalue weighted by molar-refractivity contribution is 5.79. The topological polar surface area (TPSA) is 66.8 Å². The number of aliphatic hydroxyl groups is 2. The van der Waals surface area contributed by atoms with Gasteiger partial charge in [0.05, 0.1) is 0 Å². The maximum atomic E-state index is 12.6. The summed E-state index contributed by atoms with van der Waals surface area (Å²) in [6, 6.07) is 21.9. The number of hydrogen-bond donors (Lipinski definition) is 2. The molecular weight excluding hydrogens is 646 g/mol. The highest BCUT2D eigenvalue weighted by Gasteiger charge is 2.57. The van der Waals surface area contributed by atoms with E-state index in [2.05, 4.69) is 42.8 Å². The first-order valence-corrected chi connectivity index (χ1v) is 16.6.